The average molecular weight is 336 g/mol. The first-order valence-electron chi connectivity index (χ1n) is 8.95. The summed E-state index contributed by atoms with van der Waals surface area (Å²) in [4.78, 5) is 13.0. The molecule has 2 N–H and O–H groups in total. The number of nitrogens with zero attached hydrogens (tertiary/aromatic N) is 3. The number of nitrogens with one attached hydrogen (secondary N) is 2. The van der Waals surface area contributed by atoms with Crippen LogP contribution in [0.15, 0.2) is 11.2 Å². The number of aliphatic imine (C=N–C) groups is 1. The fraction of sp³-hybridized carbons (Fsp3) is 0.765. The molecule has 6 heteroatoms. The lowest BCUT2D eigenvalue weighted by molar-refractivity contribution is 0.242. The van der Waals surface area contributed by atoms with Crippen molar-refractivity contribution in [2.75, 3.05) is 19.6 Å². The molecule has 2 heterocycles. The van der Waals surface area contributed by atoms with Gasteiger partial charge in [0.25, 0.3) is 0 Å². The first-order valence-corrected chi connectivity index (χ1v) is 9.76. The van der Waals surface area contributed by atoms with Crippen LogP contribution >= 0.6 is 11.3 Å². The number of aryl methyl sites for hydroxylation is 1. The third kappa shape index (κ3) is 4.67. The number of hydrogen-bond acceptors (Lipinski definition) is 4. The van der Waals surface area contributed by atoms with Crippen molar-refractivity contribution in [1.82, 2.24) is 20.5 Å². The summed E-state index contributed by atoms with van der Waals surface area (Å²) < 4.78 is 0. The van der Waals surface area contributed by atoms with Crippen molar-refractivity contribution in [3.8, 4) is 0 Å². The van der Waals surface area contributed by atoms with Crippen molar-refractivity contribution in [2.24, 2.45) is 4.99 Å². The number of likely N-dealkylation sites (tertiary alicyclic amines) is 1. The zero-order valence-corrected chi connectivity index (χ0v) is 15.2. The van der Waals surface area contributed by atoms with Gasteiger partial charge in [0.1, 0.15) is 5.01 Å². The first kappa shape index (κ1) is 16.7. The molecule has 5 nitrogen and oxygen atoms in total. The molecule has 0 amide bonds. The fourth-order valence-electron chi connectivity index (χ4n) is 3.64. The largest absolute Gasteiger partial charge is 0.357 e. The number of guanidine groups is 1. The third-order valence-electron chi connectivity index (χ3n) is 4.79. The summed E-state index contributed by atoms with van der Waals surface area (Å²) in [5.41, 5.74) is 0. The second-order valence-corrected chi connectivity index (χ2v) is 7.94. The SMILES string of the molecule is CCNC(=NCc1ncc(C)s1)NC1CCN(C2CCCC2)C1. The summed E-state index contributed by atoms with van der Waals surface area (Å²) in [6, 6.07) is 1.35. The van der Waals surface area contributed by atoms with Crippen LogP contribution in [0.2, 0.25) is 0 Å². The second kappa shape index (κ2) is 8.11. The van der Waals surface area contributed by atoms with Crippen LogP contribution in [0, 0.1) is 6.92 Å². The number of hydrogen-bond donors (Lipinski definition) is 2. The lowest BCUT2D eigenvalue weighted by atomic mass is 10.2. The Balaban J connectivity index is 1.52. The van der Waals surface area contributed by atoms with E-state index in [0.29, 0.717) is 12.6 Å². The zero-order chi connectivity index (χ0) is 16.1. The monoisotopic (exact) mass is 335 g/mol. The molecular formula is C17H29N5S. The van der Waals surface area contributed by atoms with Crippen molar-refractivity contribution in [3.05, 3.63) is 16.1 Å². The standard InChI is InChI=1S/C17H29N5S/c1-3-18-17(20-11-16-19-10-13(2)23-16)21-14-8-9-22(12-14)15-6-4-5-7-15/h10,14-15H,3-9,11-12H2,1-2H3,(H2,18,20,21). The van der Waals surface area contributed by atoms with E-state index < -0.39 is 0 Å². The Labute approximate surface area is 143 Å². The Kier molecular flexibility index (Phi) is 5.89. The van der Waals surface area contributed by atoms with E-state index in [4.69, 9.17) is 4.99 Å². The number of aromatic nitrogens is 1. The van der Waals surface area contributed by atoms with Gasteiger partial charge < -0.3 is 10.6 Å². The maximum absolute atomic E-state index is 4.71. The Hall–Kier alpha value is -1.14. The second-order valence-electron chi connectivity index (χ2n) is 6.62. The molecule has 3 rings (SSSR count). The molecule has 23 heavy (non-hydrogen) atoms. The predicted molar refractivity (Wildman–Crippen MR) is 97.0 cm³/mol. The van der Waals surface area contributed by atoms with Gasteiger partial charge in [-0.3, -0.25) is 4.90 Å². The van der Waals surface area contributed by atoms with E-state index in [1.54, 1.807) is 11.3 Å². The van der Waals surface area contributed by atoms with Gasteiger partial charge in [-0.25, -0.2) is 9.98 Å². The molecule has 1 aromatic heterocycles. The van der Waals surface area contributed by atoms with Gasteiger partial charge in [-0.15, -0.1) is 11.3 Å². The molecule has 128 valence electrons. The summed E-state index contributed by atoms with van der Waals surface area (Å²) in [5, 5.41) is 8.07. The molecule has 0 radical (unpaired) electrons. The highest BCUT2D eigenvalue weighted by molar-refractivity contribution is 7.11. The Morgan fingerprint density at radius 1 is 1.39 bits per heavy atom. The molecule has 1 aliphatic heterocycles. The number of thiazole rings is 1. The quantitative estimate of drug-likeness (QED) is 0.641. The normalized spacial score (nSPS) is 23.6. The highest BCUT2D eigenvalue weighted by Crippen LogP contribution is 2.26. The van der Waals surface area contributed by atoms with Gasteiger partial charge in [-0.2, -0.15) is 0 Å². The average Bonchev–Trinajstić information content (AvgIpc) is 3.26. The highest BCUT2D eigenvalue weighted by Gasteiger charge is 2.30. The van der Waals surface area contributed by atoms with Gasteiger partial charge >= 0.3 is 0 Å². The fourth-order valence-corrected chi connectivity index (χ4v) is 4.35. The highest BCUT2D eigenvalue weighted by atomic mass is 32.1. The van der Waals surface area contributed by atoms with Crippen LogP contribution < -0.4 is 10.6 Å². The molecule has 0 bridgehead atoms. The molecule has 1 aliphatic carbocycles. The van der Waals surface area contributed by atoms with Crippen LogP contribution in [0.4, 0.5) is 0 Å². The first-order chi connectivity index (χ1) is 11.2. The van der Waals surface area contributed by atoms with E-state index in [0.717, 1.165) is 30.1 Å². The third-order valence-corrected chi connectivity index (χ3v) is 5.68. The minimum absolute atomic E-state index is 0.520. The summed E-state index contributed by atoms with van der Waals surface area (Å²) in [5.74, 6) is 0.929. The van der Waals surface area contributed by atoms with Crippen molar-refractivity contribution >= 4 is 17.3 Å². The maximum Gasteiger partial charge on any atom is 0.191 e. The minimum atomic E-state index is 0.520. The topological polar surface area (TPSA) is 52.6 Å². The molecule has 0 spiro atoms. The van der Waals surface area contributed by atoms with Crippen molar-refractivity contribution in [1.29, 1.82) is 0 Å². The van der Waals surface area contributed by atoms with Gasteiger partial charge in [0, 0.05) is 42.8 Å². The Morgan fingerprint density at radius 3 is 2.91 bits per heavy atom. The molecule has 0 aromatic carbocycles. The van der Waals surface area contributed by atoms with E-state index in [9.17, 15) is 0 Å². The van der Waals surface area contributed by atoms with E-state index in [2.05, 4.69) is 34.4 Å². The molecule has 2 fully saturated rings. The van der Waals surface area contributed by atoms with E-state index in [1.165, 1.54) is 43.5 Å². The van der Waals surface area contributed by atoms with E-state index >= 15 is 0 Å². The maximum atomic E-state index is 4.71. The molecule has 1 aromatic rings. The Bertz CT molecular complexity index is 521. The molecule has 1 unspecified atom stereocenters. The molecule has 1 saturated carbocycles. The summed E-state index contributed by atoms with van der Waals surface area (Å²) in [7, 11) is 0. The van der Waals surface area contributed by atoms with Crippen molar-refractivity contribution < 1.29 is 0 Å². The van der Waals surface area contributed by atoms with E-state index in [1.807, 2.05) is 6.20 Å². The molecular weight excluding hydrogens is 306 g/mol. The van der Waals surface area contributed by atoms with E-state index in [-0.39, 0.29) is 0 Å². The van der Waals surface area contributed by atoms with Crippen LogP contribution in [-0.4, -0.2) is 47.6 Å². The minimum Gasteiger partial charge on any atom is -0.357 e. The van der Waals surface area contributed by atoms with Crippen LogP contribution in [0.5, 0.6) is 0 Å². The lowest BCUT2D eigenvalue weighted by Gasteiger charge is -2.24. The smallest absolute Gasteiger partial charge is 0.191 e. The van der Waals surface area contributed by atoms with Crippen molar-refractivity contribution in [2.45, 2.75) is 64.6 Å². The van der Waals surface area contributed by atoms with Crippen LogP contribution in [0.25, 0.3) is 0 Å². The Morgan fingerprint density at radius 2 is 2.22 bits per heavy atom. The molecule has 1 atom stereocenters. The van der Waals surface area contributed by atoms with Crippen LogP contribution in [-0.2, 0) is 6.54 Å². The van der Waals surface area contributed by atoms with Gasteiger partial charge in [0.2, 0.25) is 0 Å². The summed E-state index contributed by atoms with van der Waals surface area (Å²) >= 11 is 1.73. The predicted octanol–water partition coefficient (Wildman–Crippen LogP) is 2.52. The van der Waals surface area contributed by atoms with Crippen LogP contribution in [0.3, 0.4) is 0 Å². The van der Waals surface area contributed by atoms with Crippen LogP contribution in [0.1, 0.15) is 48.9 Å². The van der Waals surface area contributed by atoms with Gasteiger partial charge in [-0.05, 0) is 33.1 Å². The zero-order valence-electron chi connectivity index (χ0n) is 14.3. The lowest BCUT2D eigenvalue weighted by Crippen LogP contribution is -2.45. The van der Waals surface area contributed by atoms with Gasteiger partial charge in [-0.1, -0.05) is 12.8 Å². The summed E-state index contributed by atoms with van der Waals surface area (Å²) in [6.07, 6.45) is 8.76. The van der Waals surface area contributed by atoms with Gasteiger partial charge in [0.05, 0.1) is 6.54 Å². The van der Waals surface area contributed by atoms with Crippen molar-refractivity contribution in [3.63, 3.8) is 0 Å². The molecule has 1 saturated heterocycles. The number of rotatable bonds is 5. The van der Waals surface area contributed by atoms with Gasteiger partial charge in [0.15, 0.2) is 5.96 Å². The molecule has 2 aliphatic rings. The summed E-state index contributed by atoms with van der Waals surface area (Å²) in [6.45, 7) is 8.14.